The second kappa shape index (κ2) is 7.22. The summed E-state index contributed by atoms with van der Waals surface area (Å²) in [6.45, 7) is 4.13. The summed E-state index contributed by atoms with van der Waals surface area (Å²) in [5, 5.41) is 0. The number of hydrogen-bond donors (Lipinski definition) is 0. The Bertz CT molecular complexity index is 116. The van der Waals surface area contributed by atoms with Gasteiger partial charge in [0, 0.05) is 0 Å². The van der Waals surface area contributed by atoms with Crippen molar-refractivity contribution in [1.82, 2.24) is 0 Å². The molecule has 0 aliphatic heterocycles. The summed E-state index contributed by atoms with van der Waals surface area (Å²) in [6, 6.07) is 0. The van der Waals surface area contributed by atoms with Gasteiger partial charge in [0.1, 0.15) is 0 Å². The fourth-order valence-corrected chi connectivity index (χ4v) is 0.454. The van der Waals surface area contributed by atoms with Gasteiger partial charge in [-0.05, 0) is 13.3 Å². The van der Waals surface area contributed by atoms with Gasteiger partial charge in [-0.2, -0.15) is 0 Å². The van der Waals surface area contributed by atoms with Crippen LogP contribution in [0.4, 0.5) is 0 Å². The predicted molar refractivity (Wildman–Crippen MR) is 43.4 cm³/mol. The predicted octanol–water partition coefficient (Wildman–Crippen LogP) is 3.08. The summed E-state index contributed by atoms with van der Waals surface area (Å²) in [7, 11) is 0. The van der Waals surface area contributed by atoms with Gasteiger partial charge >= 0.3 is 0 Å². The smallest absolute Gasteiger partial charge is 0.0376 e. The lowest BCUT2D eigenvalue weighted by atomic mass is 10.4. The summed E-state index contributed by atoms with van der Waals surface area (Å²) in [5.74, 6) is 0. The third kappa shape index (κ3) is 7.22. The number of allylic oxidation sites excluding steroid dienone is 6. The largest absolute Gasteiger partial charge is 0.0877 e. The van der Waals surface area contributed by atoms with Crippen LogP contribution in [0.1, 0.15) is 20.3 Å². The molecular weight excluding hydrogens is 108 g/mol. The van der Waals surface area contributed by atoms with E-state index in [-0.39, 0.29) is 0 Å². The third-order valence-corrected chi connectivity index (χ3v) is 0.898. The first-order chi connectivity index (χ1) is 4.41. The first-order valence-corrected chi connectivity index (χ1v) is 3.36. The van der Waals surface area contributed by atoms with Gasteiger partial charge in [0.15, 0.2) is 0 Å². The van der Waals surface area contributed by atoms with Crippen molar-refractivity contribution in [2.75, 3.05) is 0 Å². The Balaban J connectivity index is 3.35. The molecule has 0 spiro atoms. The molecule has 0 bridgehead atoms. The highest BCUT2D eigenvalue weighted by Gasteiger charge is 1.60. The molecule has 0 aliphatic carbocycles. The van der Waals surface area contributed by atoms with Gasteiger partial charge in [0.25, 0.3) is 0 Å². The molecule has 0 atom stereocenters. The second-order valence-corrected chi connectivity index (χ2v) is 1.75. The minimum Gasteiger partial charge on any atom is -0.0877 e. The quantitative estimate of drug-likeness (QED) is 0.504. The Hall–Kier alpha value is -0.780. The average molecular weight is 122 g/mol. The van der Waals surface area contributed by atoms with E-state index in [1.807, 2.05) is 31.2 Å². The number of rotatable bonds is 3. The fourth-order valence-electron chi connectivity index (χ4n) is 0.454. The lowest BCUT2D eigenvalue weighted by Gasteiger charge is -1.72. The van der Waals surface area contributed by atoms with Crippen LogP contribution < -0.4 is 0 Å². The monoisotopic (exact) mass is 122 g/mol. The molecule has 0 aliphatic rings. The molecule has 0 aromatic carbocycles. The summed E-state index contributed by atoms with van der Waals surface area (Å²) in [4.78, 5) is 0. The summed E-state index contributed by atoms with van der Waals surface area (Å²) in [6.07, 6.45) is 13.4. The number of hydrogen-bond acceptors (Lipinski definition) is 0. The van der Waals surface area contributed by atoms with Crippen molar-refractivity contribution in [3.05, 3.63) is 36.5 Å². The molecule has 0 heteroatoms. The minimum absolute atomic E-state index is 1.11. The minimum atomic E-state index is 1.11. The maximum Gasteiger partial charge on any atom is -0.0376 e. The maximum atomic E-state index is 2.12. The molecule has 0 heterocycles. The van der Waals surface area contributed by atoms with E-state index in [0.29, 0.717) is 0 Å². The molecule has 0 aromatic heterocycles. The van der Waals surface area contributed by atoms with Gasteiger partial charge in [-0.3, -0.25) is 0 Å². The van der Waals surface area contributed by atoms with Crippen molar-refractivity contribution in [1.29, 1.82) is 0 Å². The maximum absolute atomic E-state index is 2.12. The molecule has 0 nitrogen and oxygen atoms in total. The van der Waals surface area contributed by atoms with Gasteiger partial charge in [0.05, 0.1) is 0 Å². The van der Waals surface area contributed by atoms with Crippen LogP contribution in [0.15, 0.2) is 36.5 Å². The normalized spacial score (nSPS) is 12.7. The van der Waals surface area contributed by atoms with Crippen LogP contribution in [0.2, 0.25) is 0 Å². The molecule has 0 radical (unpaired) electrons. The van der Waals surface area contributed by atoms with Gasteiger partial charge in [-0.15, -0.1) is 0 Å². The van der Waals surface area contributed by atoms with E-state index in [1.165, 1.54) is 0 Å². The molecule has 0 fully saturated rings. The van der Waals surface area contributed by atoms with Crippen molar-refractivity contribution in [2.24, 2.45) is 0 Å². The van der Waals surface area contributed by atoms with Crippen LogP contribution >= 0.6 is 0 Å². The van der Waals surface area contributed by atoms with E-state index in [9.17, 15) is 0 Å². The zero-order valence-corrected chi connectivity index (χ0v) is 6.17. The Morgan fingerprint density at radius 1 is 1.00 bits per heavy atom. The molecular formula is C9H14. The SMILES string of the molecule is C/C=C/C=C\C=C/CC. The molecule has 0 saturated heterocycles. The molecule has 50 valence electrons. The highest BCUT2D eigenvalue weighted by molar-refractivity contribution is 5.10. The van der Waals surface area contributed by atoms with Crippen molar-refractivity contribution in [3.8, 4) is 0 Å². The van der Waals surface area contributed by atoms with Crippen LogP contribution in [0, 0.1) is 0 Å². The van der Waals surface area contributed by atoms with E-state index in [1.54, 1.807) is 0 Å². The van der Waals surface area contributed by atoms with Crippen LogP contribution in [0.25, 0.3) is 0 Å². The van der Waals surface area contributed by atoms with E-state index in [0.717, 1.165) is 6.42 Å². The Morgan fingerprint density at radius 3 is 2.22 bits per heavy atom. The highest BCUT2D eigenvalue weighted by Crippen LogP contribution is 1.82. The van der Waals surface area contributed by atoms with Crippen LogP contribution in [-0.4, -0.2) is 0 Å². The summed E-state index contributed by atoms with van der Waals surface area (Å²) in [5.41, 5.74) is 0. The van der Waals surface area contributed by atoms with Crippen LogP contribution in [-0.2, 0) is 0 Å². The van der Waals surface area contributed by atoms with Gasteiger partial charge in [-0.1, -0.05) is 43.4 Å². The van der Waals surface area contributed by atoms with Gasteiger partial charge in [0.2, 0.25) is 0 Å². The third-order valence-electron chi connectivity index (χ3n) is 0.898. The lowest BCUT2D eigenvalue weighted by molar-refractivity contribution is 1.22. The topological polar surface area (TPSA) is 0 Å². The van der Waals surface area contributed by atoms with Crippen LogP contribution in [0.5, 0.6) is 0 Å². The van der Waals surface area contributed by atoms with Crippen molar-refractivity contribution in [3.63, 3.8) is 0 Å². The molecule has 0 unspecified atom stereocenters. The van der Waals surface area contributed by atoms with E-state index >= 15 is 0 Å². The van der Waals surface area contributed by atoms with Crippen molar-refractivity contribution < 1.29 is 0 Å². The Kier molecular flexibility index (Phi) is 6.59. The zero-order chi connectivity index (χ0) is 6.95. The van der Waals surface area contributed by atoms with E-state index in [2.05, 4.69) is 19.1 Å². The van der Waals surface area contributed by atoms with Gasteiger partial charge in [-0.25, -0.2) is 0 Å². The van der Waals surface area contributed by atoms with E-state index < -0.39 is 0 Å². The first kappa shape index (κ1) is 8.22. The Morgan fingerprint density at radius 2 is 1.67 bits per heavy atom. The van der Waals surface area contributed by atoms with Gasteiger partial charge < -0.3 is 0 Å². The molecule has 0 saturated carbocycles. The van der Waals surface area contributed by atoms with Crippen molar-refractivity contribution in [2.45, 2.75) is 20.3 Å². The molecule has 0 amide bonds. The van der Waals surface area contributed by atoms with Crippen LogP contribution in [0.3, 0.4) is 0 Å². The average Bonchev–Trinajstić information content (AvgIpc) is 1.89. The molecule has 0 N–H and O–H groups in total. The second-order valence-electron chi connectivity index (χ2n) is 1.75. The van der Waals surface area contributed by atoms with Crippen molar-refractivity contribution >= 4 is 0 Å². The fraction of sp³-hybridized carbons (Fsp3) is 0.333. The molecule has 0 rings (SSSR count). The molecule has 0 aromatic rings. The standard InChI is InChI=1S/C9H14/c1-3-5-7-9-8-6-4-2/h3,5-9H,4H2,1-2H3/b5-3+,8-6-,9-7-. The summed E-state index contributed by atoms with van der Waals surface area (Å²) >= 11 is 0. The highest BCUT2D eigenvalue weighted by atomic mass is 13.7. The lowest BCUT2D eigenvalue weighted by Crippen LogP contribution is -1.51. The first-order valence-electron chi connectivity index (χ1n) is 3.36. The van der Waals surface area contributed by atoms with E-state index in [4.69, 9.17) is 0 Å². The zero-order valence-electron chi connectivity index (χ0n) is 6.17. The molecule has 9 heavy (non-hydrogen) atoms. The Labute approximate surface area is 57.6 Å². The summed E-state index contributed by atoms with van der Waals surface area (Å²) < 4.78 is 0.